The Hall–Kier alpha value is -2.23. The second-order valence-electron chi connectivity index (χ2n) is 8.19. The SMILES string of the molecule is CC(C)(O)c1ccc(-c2nc3nc(O[C@@H]4CO[C@@H]5C(O)CO[C@@H]54)[nH]c3cc2Cl)cc1. The molecular formula is C21H22ClN3O5. The van der Waals surface area contributed by atoms with Crippen LogP contribution in [0.15, 0.2) is 30.3 Å². The quantitative estimate of drug-likeness (QED) is 0.581. The van der Waals surface area contributed by atoms with Gasteiger partial charge in [-0.05, 0) is 25.5 Å². The summed E-state index contributed by atoms with van der Waals surface area (Å²) in [7, 11) is 0. The lowest BCUT2D eigenvalue weighted by Crippen LogP contribution is -2.34. The summed E-state index contributed by atoms with van der Waals surface area (Å²) in [6.07, 6.45) is -1.69. The number of fused-ring (bicyclic) bond motifs is 2. The van der Waals surface area contributed by atoms with E-state index >= 15 is 0 Å². The zero-order chi connectivity index (χ0) is 21.0. The van der Waals surface area contributed by atoms with Gasteiger partial charge in [-0.1, -0.05) is 35.9 Å². The zero-order valence-corrected chi connectivity index (χ0v) is 17.3. The molecule has 0 radical (unpaired) electrons. The molecule has 4 atom stereocenters. The van der Waals surface area contributed by atoms with E-state index in [1.165, 1.54) is 0 Å². The molecule has 2 aliphatic heterocycles. The van der Waals surface area contributed by atoms with Crippen LogP contribution in [-0.4, -0.2) is 62.8 Å². The summed E-state index contributed by atoms with van der Waals surface area (Å²) in [4.78, 5) is 12.1. The Morgan fingerprint density at radius 3 is 2.60 bits per heavy atom. The van der Waals surface area contributed by atoms with Crippen molar-refractivity contribution in [2.24, 2.45) is 0 Å². The number of rotatable bonds is 4. The van der Waals surface area contributed by atoms with E-state index in [0.717, 1.165) is 11.1 Å². The summed E-state index contributed by atoms with van der Waals surface area (Å²) in [5.41, 5.74) is 2.41. The summed E-state index contributed by atoms with van der Waals surface area (Å²) >= 11 is 6.47. The van der Waals surface area contributed by atoms with Crippen LogP contribution in [0.4, 0.5) is 0 Å². The molecule has 0 aliphatic carbocycles. The van der Waals surface area contributed by atoms with E-state index in [1.54, 1.807) is 19.9 Å². The number of ether oxygens (including phenoxy) is 3. The van der Waals surface area contributed by atoms with Crippen molar-refractivity contribution in [3.05, 3.63) is 40.9 Å². The topological polar surface area (TPSA) is 110 Å². The molecule has 0 bridgehead atoms. The number of hydrogen-bond donors (Lipinski definition) is 3. The van der Waals surface area contributed by atoms with Crippen LogP contribution < -0.4 is 4.74 Å². The van der Waals surface area contributed by atoms with Crippen molar-refractivity contribution in [2.45, 2.75) is 43.9 Å². The molecule has 3 N–H and O–H groups in total. The number of aliphatic hydroxyl groups excluding tert-OH is 1. The third-order valence-electron chi connectivity index (χ3n) is 5.51. The number of nitrogens with zero attached hydrogens (tertiary/aromatic N) is 2. The molecular weight excluding hydrogens is 410 g/mol. The van der Waals surface area contributed by atoms with Crippen LogP contribution in [0.3, 0.4) is 0 Å². The summed E-state index contributed by atoms with van der Waals surface area (Å²) in [5, 5.41) is 20.5. The first-order chi connectivity index (χ1) is 14.3. The number of aromatic amines is 1. The smallest absolute Gasteiger partial charge is 0.296 e. The van der Waals surface area contributed by atoms with Gasteiger partial charge in [-0.3, -0.25) is 0 Å². The first-order valence-electron chi connectivity index (χ1n) is 9.77. The Bertz CT molecular complexity index is 1080. The van der Waals surface area contributed by atoms with Gasteiger partial charge in [-0.25, -0.2) is 4.98 Å². The summed E-state index contributed by atoms with van der Waals surface area (Å²) in [5.74, 6) is 0. The van der Waals surface area contributed by atoms with Crippen molar-refractivity contribution in [3.8, 4) is 17.3 Å². The second kappa shape index (κ2) is 7.18. The van der Waals surface area contributed by atoms with Crippen LogP contribution in [0, 0.1) is 0 Å². The lowest BCUT2D eigenvalue weighted by Gasteiger charge is -2.17. The first kappa shape index (κ1) is 19.7. The predicted octanol–water partition coefficient (Wildman–Crippen LogP) is 2.41. The fraction of sp³-hybridized carbons (Fsp3) is 0.429. The molecule has 2 aliphatic rings. The maximum Gasteiger partial charge on any atom is 0.296 e. The van der Waals surface area contributed by atoms with E-state index in [9.17, 15) is 10.2 Å². The van der Waals surface area contributed by atoms with E-state index in [4.69, 9.17) is 25.8 Å². The highest BCUT2D eigenvalue weighted by atomic mass is 35.5. The third-order valence-corrected chi connectivity index (χ3v) is 5.80. The number of halogens is 1. The Morgan fingerprint density at radius 2 is 1.87 bits per heavy atom. The van der Waals surface area contributed by atoms with Crippen LogP contribution in [0.1, 0.15) is 19.4 Å². The number of hydrogen-bond acceptors (Lipinski definition) is 7. The molecule has 8 nitrogen and oxygen atoms in total. The van der Waals surface area contributed by atoms with Gasteiger partial charge in [0.15, 0.2) is 11.8 Å². The fourth-order valence-corrected chi connectivity index (χ4v) is 4.14. The second-order valence-corrected chi connectivity index (χ2v) is 8.60. The highest BCUT2D eigenvalue weighted by Gasteiger charge is 2.48. The maximum atomic E-state index is 10.1. The number of pyridine rings is 1. The first-order valence-corrected chi connectivity index (χ1v) is 10.1. The molecule has 4 heterocycles. The van der Waals surface area contributed by atoms with Crippen LogP contribution in [0.25, 0.3) is 22.4 Å². The van der Waals surface area contributed by atoms with Crippen LogP contribution in [-0.2, 0) is 15.1 Å². The van der Waals surface area contributed by atoms with Gasteiger partial charge in [0.05, 0.1) is 35.0 Å². The Labute approximate surface area is 177 Å². The normalized spacial score (nSPS) is 26.3. The summed E-state index contributed by atoms with van der Waals surface area (Å²) < 4.78 is 17.1. The van der Waals surface area contributed by atoms with Crippen molar-refractivity contribution in [2.75, 3.05) is 13.2 Å². The van der Waals surface area contributed by atoms with Gasteiger partial charge >= 0.3 is 0 Å². The van der Waals surface area contributed by atoms with Gasteiger partial charge in [0.1, 0.15) is 18.3 Å². The fourth-order valence-electron chi connectivity index (χ4n) is 3.88. The molecule has 2 saturated heterocycles. The maximum absolute atomic E-state index is 10.1. The number of aliphatic hydroxyl groups is 2. The summed E-state index contributed by atoms with van der Waals surface area (Å²) in [6.45, 7) is 4.03. The average molecular weight is 432 g/mol. The van der Waals surface area contributed by atoms with Gasteiger partial charge < -0.3 is 29.4 Å². The highest BCUT2D eigenvalue weighted by molar-refractivity contribution is 6.33. The molecule has 1 unspecified atom stereocenters. The van der Waals surface area contributed by atoms with E-state index in [1.807, 2.05) is 24.3 Å². The van der Waals surface area contributed by atoms with Crippen molar-refractivity contribution in [1.29, 1.82) is 0 Å². The Morgan fingerprint density at radius 1 is 1.13 bits per heavy atom. The van der Waals surface area contributed by atoms with Gasteiger partial charge in [0, 0.05) is 5.56 Å². The number of aromatic nitrogens is 3. The Balaban J connectivity index is 1.41. The molecule has 0 saturated carbocycles. The van der Waals surface area contributed by atoms with Crippen LogP contribution in [0.5, 0.6) is 6.01 Å². The molecule has 1 aromatic carbocycles. The highest BCUT2D eigenvalue weighted by Crippen LogP contribution is 2.33. The van der Waals surface area contributed by atoms with Gasteiger partial charge in [0.25, 0.3) is 6.01 Å². The number of H-pyrrole nitrogens is 1. The molecule has 5 rings (SSSR count). The number of benzene rings is 1. The van der Waals surface area contributed by atoms with E-state index < -0.39 is 11.7 Å². The third kappa shape index (κ3) is 3.44. The lowest BCUT2D eigenvalue weighted by atomic mass is 9.96. The van der Waals surface area contributed by atoms with E-state index in [2.05, 4.69) is 15.0 Å². The van der Waals surface area contributed by atoms with Gasteiger partial charge in [0.2, 0.25) is 0 Å². The van der Waals surface area contributed by atoms with E-state index in [-0.39, 0.29) is 24.9 Å². The minimum atomic E-state index is -0.920. The number of imidazole rings is 1. The molecule has 0 spiro atoms. The van der Waals surface area contributed by atoms with Crippen LogP contribution in [0.2, 0.25) is 5.02 Å². The zero-order valence-electron chi connectivity index (χ0n) is 16.5. The molecule has 30 heavy (non-hydrogen) atoms. The largest absolute Gasteiger partial charge is 0.456 e. The molecule has 0 amide bonds. The minimum Gasteiger partial charge on any atom is -0.456 e. The molecule has 2 fully saturated rings. The monoisotopic (exact) mass is 431 g/mol. The Kier molecular flexibility index (Phi) is 4.72. The van der Waals surface area contributed by atoms with Gasteiger partial charge in [-0.15, -0.1) is 0 Å². The van der Waals surface area contributed by atoms with E-state index in [0.29, 0.717) is 34.5 Å². The van der Waals surface area contributed by atoms with Crippen molar-refractivity contribution in [1.82, 2.24) is 15.0 Å². The van der Waals surface area contributed by atoms with Gasteiger partial charge in [-0.2, -0.15) is 4.98 Å². The molecule has 3 aromatic rings. The van der Waals surface area contributed by atoms with Crippen molar-refractivity contribution < 1.29 is 24.4 Å². The van der Waals surface area contributed by atoms with Crippen molar-refractivity contribution >= 4 is 22.8 Å². The average Bonchev–Trinajstić information content (AvgIpc) is 3.38. The van der Waals surface area contributed by atoms with Crippen LogP contribution >= 0.6 is 11.6 Å². The minimum absolute atomic E-state index is 0.238. The standard InChI is InChI=1S/C21H22ClN3O5/c1-21(2,27)11-5-3-10(4-6-11)16-12(22)7-13-19(24-16)25-20(23-13)30-15-9-29-17-14(26)8-28-18(15)17/h3-7,14-15,17-18,26-27H,8-9H2,1-2H3,(H,23,24,25)/t14?,15-,17-,18-/m1/s1. The summed E-state index contributed by atoms with van der Waals surface area (Å²) in [6, 6.07) is 9.49. The predicted molar refractivity (Wildman–Crippen MR) is 109 cm³/mol. The molecule has 9 heteroatoms. The molecule has 158 valence electrons. The molecule has 2 aromatic heterocycles. The lowest BCUT2D eigenvalue weighted by molar-refractivity contribution is 0.00706. The van der Waals surface area contributed by atoms with Crippen molar-refractivity contribution in [3.63, 3.8) is 0 Å². The number of nitrogens with one attached hydrogen (secondary N) is 1.